The van der Waals surface area contributed by atoms with Crippen molar-refractivity contribution in [2.75, 3.05) is 6.61 Å². The van der Waals surface area contributed by atoms with Crippen molar-refractivity contribution in [2.24, 2.45) is 0 Å². The van der Waals surface area contributed by atoms with E-state index in [0.29, 0.717) is 6.61 Å². The molecule has 3 heteroatoms. The average molecular weight is 329 g/mol. The van der Waals surface area contributed by atoms with Gasteiger partial charge in [-0.2, -0.15) is 0 Å². The first kappa shape index (κ1) is 22.4. The van der Waals surface area contributed by atoms with Crippen LogP contribution >= 0.6 is 0 Å². The largest absolute Gasteiger partial charge is 0.463 e. The Bertz CT molecular complexity index is 253. The van der Waals surface area contributed by atoms with Crippen molar-refractivity contribution >= 4 is 5.97 Å². The van der Waals surface area contributed by atoms with E-state index in [1.165, 1.54) is 84.0 Å². The zero-order chi connectivity index (χ0) is 17.2. The molecule has 0 saturated heterocycles. The SMILES string of the molecule is CCCCCCC(CCCCCCCCCCCO)OC(C)=O. The molecule has 0 heterocycles. The highest BCUT2D eigenvalue weighted by atomic mass is 16.5. The predicted molar refractivity (Wildman–Crippen MR) is 97.6 cm³/mol. The Kier molecular flexibility index (Phi) is 17.3. The quantitative estimate of drug-likeness (QED) is 0.272. The van der Waals surface area contributed by atoms with Gasteiger partial charge in [-0.3, -0.25) is 4.79 Å². The van der Waals surface area contributed by atoms with Gasteiger partial charge < -0.3 is 9.84 Å². The second-order valence-electron chi connectivity index (χ2n) is 6.78. The molecule has 1 N–H and O–H groups in total. The maximum atomic E-state index is 11.2. The van der Waals surface area contributed by atoms with Crippen LogP contribution in [-0.2, 0) is 9.53 Å². The van der Waals surface area contributed by atoms with Crippen LogP contribution in [-0.4, -0.2) is 23.8 Å². The molecule has 138 valence electrons. The van der Waals surface area contributed by atoms with Gasteiger partial charge in [0.1, 0.15) is 6.10 Å². The zero-order valence-corrected chi connectivity index (χ0v) is 15.7. The van der Waals surface area contributed by atoms with Crippen molar-refractivity contribution in [3.8, 4) is 0 Å². The summed E-state index contributed by atoms with van der Waals surface area (Å²) in [6, 6.07) is 0. The van der Waals surface area contributed by atoms with E-state index in [1.54, 1.807) is 0 Å². The fourth-order valence-electron chi connectivity index (χ4n) is 3.02. The van der Waals surface area contributed by atoms with Gasteiger partial charge in [-0.25, -0.2) is 0 Å². The number of aliphatic hydroxyl groups excluding tert-OH is 1. The van der Waals surface area contributed by atoms with Gasteiger partial charge in [0.15, 0.2) is 0 Å². The number of hydrogen-bond acceptors (Lipinski definition) is 3. The minimum atomic E-state index is -0.131. The highest BCUT2D eigenvalue weighted by Gasteiger charge is 2.11. The Hall–Kier alpha value is -0.570. The normalized spacial score (nSPS) is 12.3. The van der Waals surface area contributed by atoms with E-state index < -0.39 is 0 Å². The Labute approximate surface area is 144 Å². The van der Waals surface area contributed by atoms with Crippen LogP contribution in [0.2, 0.25) is 0 Å². The molecular weight excluding hydrogens is 288 g/mol. The molecule has 0 aromatic carbocycles. The number of esters is 1. The van der Waals surface area contributed by atoms with Gasteiger partial charge in [0.2, 0.25) is 0 Å². The molecule has 0 amide bonds. The lowest BCUT2D eigenvalue weighted by atomic mass is 10.0. The van der Waals surface area contributed by atoms with Gasteiger partial charge in [-0.15, -0.1) is 0 Å². The molecule has 0 saturated carbocycles. The Morgan fingerprint density at radius 1 is 0.783 bits per heavy atom. The molecule has 0 fully saturated rings. The fourth-order valence-corrected chi connectivity index (χ4v) is 3.02. The van der Waals surface area contributed by atoms with Crippen LogP contribution in [0.15, 0.2) is 0 Å². The lowest BCUT2D eigenvalue weighted by Crippen LogP contribution is -2.16. The van der Waals surface area contributed by atoms with Crippen molar-refractivity contribution < 1.29 is 14.6 Å². The molecule has 23 heavy (non-hydrogen) atoms. The first-order chi connectivity index (χ1) is 11.2. The molecule has 0 radical (unpaired) electrons. The number of rotatable bonds is 17. The molecule has 0 aliphatic heterocycles. The molecule has 1 atom stereocenters. The summed E-state index contributed by atoms with van der Waals surface area (Å²) in [4.78, 5) is 11.2. The summed E-state index contributed by atoms with van der Waals surface area (Å²) in [6.45, 7) is 4.08. The topological polar surface area (TPSA) is 46.5 Å². The number of carbonyl (C=O) groups excluding carboxylic acids is 1. The Morgan fingerprint density at radius 3 is 1.65 bits per heavy atom. The molecule has 0 rings (SSSR count). The van der Waals surface area contributed by atoms with Crippen LogP contribution in [0.1, 0.15) is 110 Å². The highest BCUT2D eigenvalue weighted by Crippen LogP contribution is 2.16. The monoisotopic (exact) mass is 328 g/mol. The first-order valence-electron chi connectivity index (χ1n) is 9.98. The van der Waals surface area contributed by atoms with E-state index in [0.717, 1.165) is 19.3 Å². The van der Waals surface area contributed by atoms with Crippen LogP contribution in [0.3, 0.4) is 0 Å². The summed E-state index contributed by atoms with van der Waals surface area (Å²) in [5.74, 6) is -0.131. The van der Waals surface area contributed by atoms with Crippen molar-refractivity contribution in [3.05, 3.63) is 0 Å². The molecule has 1 unspecified atom stereocenters. The summed E-state index contributed by atoms with van der Waals surface area (Å²) >= 11 is 0. The van der Waals surface area contributed by atoms with E-state index in [9.17, 15) is 4.79 Å². The molecule has 0 aliphatic carbocycles. The summed E-state index contributed by atoms with van der Waals surface area (Å²) in [6.07, 6.45) is 18.2. The molecule has 0 aromatic rings. The van der Waals surface area contributed by atoms with E-state index in [-0.39, 0.29) is 12.1 Å². The Balaban J connectivity index is 3.52. The van der Waals surface area contributed by atoms with Crippen LogP contribution in [0.4, 0.5) is 0 Å². The first-order valence-corrected chi connectivity index (χ1v) is 9.98. The minimum Gasteiger partial charge on any atom is -0.463 e. The van der Waals surface area contributed by atoms with E-state index in [2.05, 4.69) is 6.92 Å². The second-order valence-corrected chi connectivity index (χ2v) is 6.78. The molecule has 0 spiro atoms. The van der Waals surface area contributed by atoms with Crippen LogP contribution in [0, 0.1) is 0 Å². The second kappa shape index (κ2) is 17.8. The average Bonchev–Trinajstić information content (AvgIpc) is 2.52. The van der Waals surface area contributed by atoms with Gasteiger partial charge in [0, 0.05) is 13.5 Å². The smallest absolute Gasteiger partial charge is 0.302 e. The summed E-state index contributed by atoms with van der Waals surface area (Å²) < 4.78 is 5.45. The fraction of sp³-hybridized carbons (Fsp3) is 0.950. The molecule has 0 aromatic heterocycles. The Morgan fingerprint density at radius 2 is 1.22 bits per heavy atom. The lowest BCUT2D eigenvalue weighted by Gasteiger charge is -2.17. The predicted octanol–water partition coefficient (Wildman–Crippen LogP) is 5.78. The van der Waals surface area contributed by atoms with Crippen LogP contribution in [0.25, 0.3) is 0 Å². The molecule has 0 bridgehead atoms. The standard InChI is InChI=1S/C20H40O3/c1-3-4-5-13-16-20(23-19(2)22)17-14-11-9-7-6-8-10-12-15-18-21/h20-21H,3-18H2,1-2H3. The summed E-state index contributed by atoms with van der Waals surface area (Å²) in [5, 5.41) is 8.71. The zero-order valence-electron chi connectivity index (χ0n) is 15.7. The van der Waals surface area contributed by atoms with Crippen LogP contribution in [0.5, 0.6) is 0 Å². The van der Waals surface area contributed by atoms with E-state index in [1.807, 2.05) is 0 Å². The van der Waals surface area contributed by atoms with Crippen molar-refractivity contribution in [1.29, 1.82) is 0 Å². The molecular formula is C20H40O3. The highest BCUT2D eigenvalue weighted by molar-refractivity contribution is 5.66. The third-order valence-electron chi connectivity index (χ3n) is 4.40. The van der Waals surface area contributed by atoms with Crippen molar-refractivity contribution in [2.45, 2.75) is 116 Å². The van der Waals surface area contributed by atoms with Gasteiger partial charge in [0.25, 0.3) is 0 Å². The van der Waals surface area contributed by atoms with E-state index in [4.69, 9.17) is 9.84 Å². The molecule has 3 nitrogen and oxygen atoms in total. The number of carbonyl (C=O) groups is 1. The van der Waals surface area contributed by atoms with Gasteiger partial charge in [0.05, 0.1) is 0 Å². The van der Waals surface area contributed by atoms with Crippen molar-refractivity contribution in [1.82, 2.24) is 0 Å². The van der Waals surface area contributed by atoms with Gasteiger partial charge >= 0.3 is 5.97 Å². The van der Waals surface area contributed by atoms with Crippen LogP contribution < -0.4 is 0 Å². The maximum Gasteiger partial charge on any atom is 0.302 e. The van der Waals surface area contributed by atoms with Crippen molar-refractivity contribution in [3.63, 3.8) is 0 Å². The third-order valence-corrected chi connectivity index (χ3v) is 4.40. The number of hydrogen-bond donors (Lipinski definition) is 1. The lowest BCUT2D eigenvalue weighted by molar-refractivity contribution is -0.147. The maximum absolute atomic E-state index is 11.2. The number of ether oxygens (including phenoxy) is 1. The van der Waals surface area contributed by atoms with Gasteiger partial charge in [-0.05, 0) is 32.1 Å². The molecule has 0 aliphatic rings. The van der Waals surface area contributed by atoms with Gasteiger partial charge in [-0.1, -0.05) is 71.1 Å². The summed E-state index contributed by atoms with van der Waals surface area (Å²) in [5.41, 5.74) is 0. The van der Waals surface area contributed by atoms with E-state index >= 15 is 0 Å². The summed E-state index contributed by atoms with van der Waals surface area (Å²) in [7, 11) is 0. The third kappa shape index (κ3) is 17.6. The number of unbranched alkanes of at least 4 members (excludes halogenated alkanes) is 11. The minimum absolute atomic E-state index is 0.131. The number of aliphatic hydroxyl groups is 1.